The standard InChI is InChI=1S/C18H23N3O4/c1-19-8-2-3-9-25-13-4-5-14-12(10-13)11-21(18(14)24)15-6-7-16(22)20-17(15)23/h4-5,10,15,19H,2-3,6-9,11H2,1H3,(H,20,22,23). The summed E-state index contributed by atoms with van der Waals surface area (Å²) in [5, 5.41) is 5.40. The number of piperidine rings is 1. The van der Waals surface area contributed by atoms with Crippen molar-refractivity contribution in [2.45, 2.75) is 38.3 Å². The van der Waals surface area contributed by atoms with Crippen LogP contribution in [-0.2, 0) is 16.1 Å². The Balaban J connectivity index is 1.63. The second kappa shape index (κ2) is 7.65. The summed E-state index contributed by atoms with van der Waals surface area (Å²) in [6.45, 7) is 1.96. The number of carbonyl (C=O) groups is 3. The van der Waals surface area contributed by atoms with Gasteiger partial charge in [-0.3, -0.25) is 19.7 Å². The Hall–Kier alpha value is -2.41. The Labute approximate surface area is 146 Å². The van der Waals surface area contributed by atoms with E-state index in [0.29, 0.717) is 25.1 Å². The number of nitrogens with one attached hydrogen (secondary N) is 2. The molecule has 0 aliphatic carbocycles. The Morgan fingerprint density at radius 1 is 1.28 bits per heavy atom. The summed E-state index contributed by atoms with van der Waals surface area (Å²) in [6, 6.07) is 4.84. The van der Waals surface area contributed by atoms with Gasteiger partial charge in [0.2, 0.25) is 11.8 Å². The van der Waals surface area contributed by atoms with Crippen molar-refractivity contribution in [1.82, 2.24) is 15.5 Å². The molecule has 0 radical (unpaired) electrons. The molecule has 0 saturated carbocycles. The lowest BCUT2D eigenvalue weighted by molar-refractivity contribution is -0.136. The maximum absolute atomic E-state index is 12.6. The van der Waals surface area contributed by atoms with Gasteiger partial charge >= 0.3 is 0 Å². The Bertz CT molecular complexity index is 689. The van der Waals surface area contributed by atoms with Crippen LogP contribution >= 0.6 is 0 Å². The zero-order valence-corrected chi connectivity index (χ0v) is 14.3. The Morgan fingerprint density at radius 3 is 2.88 bits per heavy atom. The number of ether oxygens (including phenoxy) is 1. The van der Waals surface area contributed by atoms with Crippen LogP contribution in [0.25, 0.3) is 0 Å². The third-order valence-electron chi connectivity index (χ3n) is 4.58. The molecule has 3 rings (SSSR count). The summed E-state index contributed by atoms with van der Waals surface area (Å²) < 4.78 is 5.75. The number of amides is 3. The first kappa shape index (κ1) is 17.4. The van der Waals surface area contributed by atoms with E-state index in [1.807, 2.05) is 13.1 Å². The van der Waals surface area contributed by atoms with E-state index in [9.17, 15) is 14.4 Å². The minimum absolute atomic E-state index is 0.162. The van der Waals surface area contributed by atoms with Crippen molar-refractivity contribution in [2.24, 2.45) is 0 Å². The summed E-state index contributed by atoms with van der Waals surface area (Å²) in [7, 11) is 1.92. The molecule has 1 unspecified atom stereocenters. The van der Waals surface area contributed by atoms with E-state index in [1.165, 1.54) is 0 Å². The van der Waals surface area contributed by atoms with E-state index in [4.69, 9.17) is 4.74 Å². The summed E-state index contributed by atoms with van der Waals surface area (Å²) >= 11 is 0. The Morgan fingerprint density at radius 2 is 2.12 bits per heavy atom. The van der Waals surface area contributed by atoms with Gasteiger partial charge in [-0.25, -0.2) is 0 Å². The molecule has 2 heterocycles. The first-order chi connectivity index (χ1) is 12.1. The molecule has 7 nitrogen and oxygen atoms in total. The highest BCUT2D eigenvalue weighted by atomic mass is 16.5. The minimum Gasteiger partial charge on any atom is -0.494 e. The molecule has 134 valence electrons. The van der Waals surface area contributed by atoms with Crippen LogP contribution in [0, 0.1) is 0 Å². The number of unbranched alkanes of at least 4 members (excludes halogenated alkanes) is 1. The third-order valence-corrected chi connectivity index (χ3v) is 4.58. The lowest BCUT2D eigenvalue weighted by Crippen LogP contribution is -2.52. The zero-order chi connectivity index (χ0) is 17.8. The average Bonchev–Trinajstić information content (AvgIpc) is 2.91. The minimum atomic E-state index is -0.580. The molecule has 0 bridgehead atoms. The van der Waals surface area contributed by atoms with Crippen molar-refractivity contribution in [3.63, 3.8) is 0 Å². The number of hydrogen-bond donors (Lipinski definition) is 2. The monoisotopic (exact) mass is 345 g/mol. The summed E-state index contributed by atoms with van der Waals surface area (Å²) in [6.07, 6.45) is 2.64. The van der Waals surface area contributed by atoms with Crippen molar-refractivity contribution in [3.05, 3.63) is 29.3 Å². The SMILES string of the molecule is CNCCCCOc1ccc2c(c1)CN(C1CCC(=O)NC1=O)C2=O. The van der Waals surface area contributed by atoms with Crippen molar-refractivity contribution in [2.75, 3.05) is 20.2 Å². The molecular weight excluding hydrogens is 322 g/mol. The first-order valence-corrected chi connectivity index (χ1v) is 8.65. The van der Waals surface area contributed by atoms with Crippen LogP contribution in [0.1, 0.15) is 41.6 Å². The molecule has 0 spiro atoms. The van der Waals surface area contributed by atoms with Crippen molar-refractivity contribution < 1.29 is 19.1 Å². The smallest absolute Gasteiger partial charge is 0.255 e. The molecule has 1 aromatic carbocycles. The predicted molar refractivity (Wildman–Crippen MR) is 91.1 cm³/mol. The molecule has 1 atom stereocenters. The summed E-state index contributed by atoms with van der Waals surface area (Å²) in [5.74, 6) is -0.0935. The second-order valence-electron chi connectivity index (χ2n) is 6.38. The molecule has 2 N–H and O–H groups in total. The van der Waals surface area contributed by atoms with Gasteiger partial charge in [-0.15, -0.1) is 0 Å². The van der Waals surface area contributed by atoms with E-state index < -0.39 is 11.9 Å². The molecule has 2 aliphatic rings. The molecular formula is C18H23N3O4. The van der Waals surface area contributed by atoms with Crippen LogP contribution in [0.15, 0.2) is 18.2 Å². The predicted octanol–water partition coefficient (Wildman–Crippen LogP) is 0.826. The highest BCUT2D eigenvalue weighted by Crippen LogP contribution is 2.30. The summed E-state index contributed by atoms with van der Waals surface area (Å²) in [5.41, 5.74) is 1.47. The van der Waals surface area contributed by atoms with Crippen molar-refractivity contribution in [1.29, 1.82) is 0 Å². The molecule has 0 aromatic heterocycles. The molecule has 25 heavy (non-hydrogen) atoms. The number of benzene rings is 1. The van der Waals surface area contributed by atoms with Gasteiger partial charge in [0, 0.05) is 18.5 Å². The van der Waals surface area contributed by atoms with Crippen LogP contribution in [-0.4, -0.2) is 48.9 Å². The van der Waals surface area contributed by atoms with E-state index in [2.05, 4.69) is 10.6 Å². The number of rotatable bonds is 7. The number of nitrogens with zero attached hydrogens (tertiary/aromatic N) is 1. The maximum Gasteiger partial charge on any atom is 0.255 e. The van der Waals surface area contributed by atoms with Gasteiger partial charge in [0.15, 0.2) is 0 Å². The quantitative estimate of drug-likeness (QED) is 0.564. The van der Waals surface area contributed by atoms with Crippen LogP contribution in [0.2, 0.25) is 0 Å². The van der Waals surface area contributed by atoms with Gasteiger partial charge in [0.25, 0.3) is 5.91 Å². The molecule has 1 saturated heterocycles. The third kappa shape index (κ3) is 3.82. The van der Waals surface area contributed by atoms with Gasteiger partial charge in [0.1, 0.15) is 11.8 Å². The maximum atomic E-state index is 12.6. The fraction of sp³-hybridized carbons (Fsp3) is 0.500. The number of hydrogen-bond acceptors (Lipinski definition) is 5. The summed E-state index contributed by atoms with van der Waals surface area (Å²) in [4.78, 5) is 37.4. The van der Waals surface area contributed by atoms with Crippen molar-refractivity contribution in [3.8, 4) is 5.75 Å². The molecule has 2 aliphatic heterocycles. The van der Waals surface area contributed by atoms with Gasteiger partial charge in [-0.05, 0) is 56.6 Å². The molecule has 7 heteroatoms. The average molecular weight is 345 g/mol. The fourth-order valence-electron chi connectivity index (χ4n) is 3.23. The van der Waals surface area contributed by atoms with Gasteiger partial charge < -0.3 is 15.0 Å². The van der Waals surface area contributed by atoms with Crippen molar-refractivity contribution >= 4 is 17.7 Å². The van der Waals surface area contributed by atoms with Gasteiger partial charge in [0.05, 0.1) is 6.61 Å². The lowest BCUT2D eigenvalue weighted by Gasteiger charge is -2.29. The number of imide groups is 1. The van der Waals surface area contributed by atoms with Crippen LogP contribution < -0.4 is 15.4 Å². The van der Waals surface area contributed by atoms with E-state index >= 15 is 0 Å². The lowest BCUT2D eigenvalue weighted by atomic mass is 10.0. The van der Waals surface area contributed by atoms with E-state index in [-0.39, 0.29) is 18.2 Å². The largest absolute Gasteiger partial charge is 0.494 e. The second-order valence-corrected chi connectivity index (χ2v) is 6.38. The normalized spacial score (nSPS) is 19.8. The van der Waals surface area contributed by atoms with Gasteiger partial charge in [-0.1, -0.05) is 0 Å². The van der Waals surface area contributed by atoms with Crippen LogP contribution in [0.5, 0.6) is 5.75 Å². The topological polar surface area (TPSA) is 87.7 Å². The highest BCUT2D eigenvalue weighted by molar-refractivity contribution is 6.05. The first-order valence-electron chi connectivity index (χ1n) is 8.65. The molecule has 1 fully saturated rings. The number of fused-ring (bicyclic) bond motifs is 1. The van der Waals surface area contributed by atoms with Gasteiger partial charge in [-0.2, -0.15) is 0 Å². The zero-order valence-electron chi connectivity index (χ0n) is 14.3. The molecule has 3 amide bonds. The number of carbonyl (C=O) groups excluding carboxylic acids is 3. The van der Waals surface area contributed by atoms with E-state index in [1.54, 1.807) is 17.0 Å². The Kier molecular flexibility index (Phi) is 5.33. The van der Waals surface area contributed by atoms with Crippen LogP contribution in [0.4, 0.5) is 0 Å². The van der Waals surface area contributed by atoms with Crippen LogP contribution in [0.3, 0.4) is 0 Å². The highest BCUT2D eigenvalue weighted by Gasteiger charge is 2.39. The molecule has 1 aromatic rings. The van der Waals surface area contributed by atoms with E-state index in [0.717, 1.165) is 30.7 Å². The fourth-order valence-corrected chi connectivity index (χ4v) is 3.23.